The first-order chi connectivity index (χ1) is 14.4. The third-order valence-corrected chi connectivity index (χ3v) is 4.05. The number of ether oxygens (including phenoxy) is 2. The van der Waals surface area contributed by atoms with Gasteiger partial charge in [-0.3, -0.25) is 0 Å². The normalized spacial score (nSPS) is 11.5. The Morgan fingerprint density at radius 2 is 1.71 bits per heavy atom. The van der Waals surface area contributed by atoms with Crippen molar-refractivity contribution in [3.05, 3.63) is 65.0 Å². The molecule has 0 fully saturated rings. The van der Waals surface area contributed by atoms with Gasteiger partial charge in [0, 0.05) is 5.69 Å². The summed E-state index contributed by atoms with van der Waals surface area (Å²) in [5.74, 6) is -0.329. The smallest absolute Gasteiger partial charge is 0.407 e. The lowest BCUT2D eigenvalue weighted by Crippen LogP contribution is -2.37. The van der Waals surface area contributed by atoms with Crippen LogP contribution in [0.2, 0.25) is 0 Å². The first kappa shape index (κ1) is 23.9. The van der Waals surface area contributed by atoms with Gasteiger partial charge in [0.25, 0.3) is 0 Å². The average molecular weight is 446 g/mol. The molecule has 5 nitrogen and oxygen atoms in total. The molecule has 2 aromatic carbocycles. The highest BCUT2D eigenvalue weighted by molar-refractivity contribution is 5.89. The molecular weight excluding hydrogens is 430 g/mol. The predicted octanol–water partition coefficient (Wildman–Crippen LogP) is 5.49. The van der Waals surface area contributed by atoms with Crippen LogP contribution < -0.4 is 9.64 Å². The number of anilines is 1. The lowest BCUT2D eigenvalue weighted by Gasteiger charge is -2.27. The van der Waals surface area contributed by atoms with Gasteiger partial charge in [-0.05, 0) is 36.4 Å². The van der Waals surface area contributed by atoms with E-state index in [0.717, 1.165) is 12.1 Å². The molecule has 0 bridgehead atoms. The Hall–Kier alpha value is -3.42. The number of alkyl halides is 6. The Balaban J connectivity index is 2.18. The average Bonchev–Trinajstić information content (AvgIpc) is 2.71. The molecule has 0 N–H and O–H groups in total. The molecule has 0 radical (unpaired) electrons. The van der Waals surface area contributed by atoms with Crippen LogP contribution >= 0.6 is 0 Å². The summed E-state index contributed by atoms with van der Waals surface area (Å²) in [6.07, 6.45) is -9.57. The van der Waals surface area contributed by atoms with Crippen LogP contribution in [0.15, 0.2) is 42.5 Å². The molecule has 11 heteroatoms. The molecule has 0 saturated carbocycles. The van der Waals surface area contributed by atoms with Crippen LogP contribution in [0.25, 0.3) is 4.85 Å². The lowest BCUT2D eigenvalue weighted by molar-refractivity contribution is -0.136. The van der Waals surface area contributed by atoms with E-state index in [2.05, 4.69) is 9.58 Å². The van der Waals surface area contributed by atoms with Crippen LogP contribution in [0.5, 0.6) is 5.75 Å². The summed E-state index contributed by atoms with van der Waals surface area (Å²) in [7, 11) is 1.21. The summed E-state index contributed by atoms with van der Waals surface area (Å²) in [5.41, 5.74) is -2.12. The number of nitrogens with zero attached hydrogens (tertiary/aromatic N) is 2. The van der Waals surface area contributed by atoms with Crippen molar-refractivity contribution in [2.75, 3.05) is 31.7 Å². The SMILES string of the molecule is [C-]#[N+]c1ccc(N(CCOc2ccc(C(=O)OC)cc2)CC(F)(F)F)cc1C(F)(F)F. The molecule has 0 atom stereocenters. The zero-order valence-electron chi connectivity index (χ0n) is 16.0. The Kier molecular flexibility index (Phi) is 7.38. The number of esters is 1. The standard InChI is InChI=1S/C20H16F6N2O3/c1-27-17-8-5-14(11-16(17)20(24,25)26)28(12-19(21,22)23)9-10-31-15-6-3-13(4-7-15)18(29)30-2/h3-8,11H,9-10,12H2,2H3. The molecule has 2 rings (SSSR count). The highest BCUT2D eigenvalue weighted by Gasteiger charge is 2.35. The molecule has 0 heterocycles. The molecule has 0 aliphatic carbocycles. The maximum Gasteiger partial charge on any atom is 0.407 e. The molecule has 0 aliphatic heterocycles. The van der Waals surface area contributed by atoms with E-state index in [0.29, 0.717) is 11.0 Å². The number of hydrogen-bond donors (Lipinski definition) is 0. The minimum Gasteiger partial charge on any atom is -0.492 e. The van der Waals surface area contributed by atoms with Crippen LogP contribution in [0, 0.1) is 6.57 Å². The summed E-state index contributed by atoms with van der Waals surface area (Å²) in [6, 6.07) is 7.99. The van der Waals surface area contributed by atoms with Crippen molar-refractivity contribution in [2.24, 2.45) is 0 Å². The summed E-state index contributed by atoms with van der Waals surface area (Å²) < 4.78 is 88.3. The van der Waals surface area contributed by atoms with E-state index in [1.807, 2.05) is 0 Å². The second-order valence-corrected chi connectivity index (χ2v) is 6.21. The molecule has 166 valence electrons. The third-order valence-electron chi connectivity index (χ3n) is 4.05. The number of carbonyl (C=O) groups excluding carboxylic acids is 1. The Bertz CT molecular complexity index is 949. The van der Waals surface area contributed by atoms with Crippen LogP contribution in [-0.4, -0.2) is 39.0 Å². The van der Waals surface area contributed by atoms with Gasteiger partial charge in [-0.2, -0.15) is 26.3 Å². The number of hydrogen-bond acceptors (Lipinski definition) is 4. The number of halogens is 6. The van der Waals surface area contributed by atoms with Crippen molar-refractivity contribution in [1.29, 1.82) is 0 Å². The van der Waals surface area contributed by atoms with Crippen molar-refractivity contribution in [3.63, 3.8) is 0 Å². The zero-order valence-corrected chi connectivity index (χ0v) is 16.0. The van der Waals surface area contributed by atoms with Crippen LogP contribution in [-0.2, 0) is 10.9 Å². The van der Waals surface area contributed by atoms with Crippen molar-refractivity contribution < 1.29 is 40.6 Å². The second-order valence-electron chi connectivity index (χ2n) is 6.21. The van der Waals surface area contributed by atoms with Gasteiger partial charge in [-0.15, -0.1) is 0 Å². The van der Waals surface area contributed by atoms with E-state index < -0.39 is 36.1 Å². The zero-order chi connectivity index (χ0) is 23.2. The van der Waals surface area contributed by atoms with E-state index in [9.17, 15) is 31.1 Å². The number of rotatable bonds is 7. The molecule has 2 aromatic rings. The van der Waals surface area contributed by atoms with Crippen LogP contribution in [0.4, 0.5) is 37.7 Å². The van der Waals surface area contributed by atoms with Gasteiger partial charge in [0.1, 0.15) is 18.9 Å². The van der Waals surface area contributed by atoms with Crippen molar-refractivity contribution >= 4 is 17.3 Å². The maximum absolute atomic E-state index is 13.2. The third kappa shape index (κ3) is 6.80. The Labute approximate surface area is 173 Å². The molecule has 0 amide bonds. The lowest BCUT2D eigenvalue weighted by atomic mass is 10.1. The van der Waals surface area contributed by atoms with E-state index in [1.165, 1.54) is 31.4 Å². The highest BCUT2D eigenvalue weighted by Crippen LogP contribution is 2.39. The molecule has 0 aliphatic rings. The first-order valence-electron chi connectivity index (χ1n) is 8.66. The van der Waals surface area contributed by atoms with E-state index in [1.54, 1.807) is 0 Å². The molecule has 0 saturated heterocycles. The number of methoxy groups -OCH3 is 1. The number of carbonyl (C=O) groups is 1. The minimum atomic E-state index is -4.89. The van der Waals surface area contributed by atoms with E-state index in [-0.39, 0.29) is 30.2 Å². The van der Waals surface area contributed by atoms with Gasteiger partial charge < -0.3 is 14.4 Å². The highest BCUT2D eigenvalue weighted by atomic mass is 19.4. The van der Waals surface area contributed by atoms with Crippen molar-refractivity contribution in [2.45, 2.75) is 12.4 Å². The van der Waals surface area contributed by atoms with E-state index >= 15 is 0 Å². The van der Waals surface area contributed by atoms with Crippen molar-refractivity contribution in [3.8, 4) is 5.75 Å². The molecule has 0 spiro atoms. The first-order valence-corrected chi connectivity index (χ1v) is 8.66. The van der Waals surface area contributed by atoms with Gasteiger partial charge in [-0.25, -0.2) is 9.64 Å². The van der Waals surface area contributed by atoms with Crippen LogP contribution in [0.1, 0.15) is 15.9 Å². The van der Waals surface area contributed by atoms with Crippen molar-refractivity contribution in [1.82, 2.24) is 0 Å². The molecular formula is C20H16F6N2O3. The fourth-order valence-corrected chi connectivity index (χ4v) is 2.64. The van der Waals surface area contributed by atoms with E-state index in [4.69, 9.17) is 11.3 Å². The van der Waals surface area contributed by atoms with Gasteiger partial charge in [-0.1, -0.05) is 6.07 Å². The largest absolute Gasteiger partial charge is 0.492 e. The molecule has 0 aromatic heterocycles. The summed E-state index contributed by atoms with van der Waals surface area (Å²) >= 11 is 0. The fraction of sp³-hybridized carbons (Fsp3) is 0.300. The molecule has 0 unspecified atom stereocenters. The number of benzene rings is 2. The summed E-state index contributed by atoms with van der Waals surface area (Å²) in [6.45, 7) is 4.66. The van der Waals surface area contributed by atoms with Gasteiger partial charge in [0.2, 0.25) is 0 Å². The Morgan fingerprint density at radius 3 is 2.23 bits per heavy atom. The maximum atomic E-state index is 13.2. The second kappa shape index (κ2) is 9.59. The quantitative estimate of drug-likeness (QED) is 0.321. The predicted molar refractivity (Wildman–Crippen MR) is 99.3 cm³/mol. The van der Waals surface area contributed by atoms with Gasteiger partial charge in [0.05, 0.1) is 31.4 Å². The molecule has 31 heavy (non-hydrogen) atoms. The van der Waals surface area contributed by atoms with Gasteiger partial charge >= 0.3 is 18.3 Å². The fourth-order valence-electron chi connectivity index (χ4n) is 2.64. The van der Waals surface area contributed by atoms with Crippen LogP contribution in [0.3, 0.4) is 0 Å². The summed E-state index contributed by atoms with van der Waals surface area (Å²) in [5, 5.41) is 0. The Morgan fingerprint density at radius 1 is 1.06 bits per heavy atom. The topological polar surface area (TPSA) is 43.1 Å². The monoisotopic (exact) mass is 446 g/mol. The minimum absolute atomic E-state index is 0.244. The summed E-state index contributed by atoms with van der Waals surface area (Å²) in [4.78, 5) is 14.8. The van der Waals surface area contributed by atoms with Gasteiger partial charge in [0.15, 0.2) is 5.69 Å².